The first-order valence-corrected chi connectivity index (χ1v) is 8.04. The van der Waals surface area contributed by atoms with Crippen molar-refractivity contribution in [2.45, 2.75) is 13.8 Å². The molecule has 5 nitrogen and oxygen atoms in total. The molecule has 136 valence electrons. The summed E-state index contributed by atoms with van der Waals surface area (Å²) >= 11 is 0. The molecule has 0 radical (unpaired) electrons. The van der Waals surface area contributed by atoms with Crippen molar-refractivity contribution in [1.82, 2.24) is 0 Å². The van der Waals surface area contributed by atoms with Crippen molar-refractivity contribution in [3.8, 4) is 23.0 Å². The van der Waals surface area contributed by atoms with Crippen molar-refractivity contribution in [3.05, 3.63) is 72.0 Å². The second-order valence-corrected chi connectivity index (χ2v) is 5.64. The molecule has 0 N–H and O–H groups in total. The van der Waals surface area contributed by atoms with Crippen LogP contribution in [0.2, 0.25) is 0 Å². The predicted molar refractivity (Wildman–Crippen MR) is 99.8 cm³/mol. The molecule has 2 rings (SSSR count). The molecule has 5 heteroatoms. The minimum atomic E-state index is -0.531. The zero-order chi connectivity index (χ0) is 18.9. The van der Waals surface area contributed by atoms with Crippen molar-refractivity contribution in [2.24, 2.45) is 0 Å². The van der Waals surface area contributed by atoms with Crippen LogP contribution in [0, 0.1) is 0 Å². The highest BCUT2D eigenvalue weighted by molar-refractivity contribution is 5.85. The van der Waals surface area contributed by atoms with Gasteiger partial charge in [-0.15, -0.1) is 0 Å². The number of hydrogen-bond donors (Lipinski definition) is 0. The third-order valence-corrected chi connectivity index (χ3v) is 3.26. The second kappa shape index (κ2) is 9.32. The van der Waals surface area contributed by atoms with E-state index < -0.39 is 5.97 Å². The van der Waals surface area contributed by atoms with Gasteiger partial charge >= 0.3 is 5.97 Å². The zero-order valence-electron chi connectivity index (χ0n) is 15.3. The molecular weight excluding hydrogens is 332 g/mol. The Hall–Kier alpha value is -3.21. The molecule has 0 aromatic heterocycles. The third kappa shape index (κ3) is 6.02. The fraction of sp³-hybridized carbons (Fsp3) is 0.190. The molecule has 0 aliphatic rings. The Morgan fingerprint density at radius 2 is 1.12 bits per heavy atom. The molecule has 2 aromatic carbocycles. The lowest BCUT2D eigenvalue weighted by atomic mass is 10.2. The minimum Gasteiger partial charge on any atom is -0.497 e. The molecule has 0 amide bonds. The van der Waals surface area contributed by atoms with Gasteiger partial charge in [-0.1, -0.05) is 5.57 Å². The number of methoxy groups -OCH3 is 2. The summed E-state index contributed by atoms with van der Waals surface area (Å²) in [6.07, 6.45) is 3.07. The largest absolute Gasteiger partial charge is 0.497 e. The molecule has 0 aliphatic carbocycles. The van der Waals surface area contributed by atoms with Gasteiger partial charge in [-0.2, -0.15) is 0 Å². The Labute approximate surface area is 153 Å². The average Bonchev–Trinajstić information content (AvgIpc) is 2.62. The Bertz CT molecular complexity index is 782. The van der Waals surface area contributed by atoms with Crippen LogP contribution in [0.25, 0.3) is 0 Å². The summed E-state index contributed by atoms with van der Waals surface area (Å²) in [7, 11) is 3.17. The zero-order valence-corrected chi connectivity index (χ0v) is 15.3. The number of hydrogen-bond acceptors (Lipinski definition) is 5. The molecule has 0 atom stereocenters. The normalized spacial score (nSPS) is 10.7. The number of allylic oxidation sites excluding steroid dienone is 2. The van der Waals surface area contributed by atoms with Crippen molar-refractivity contribution in [1.29, 1.82) is 0 Å². The highest BCUT2D eigenvalue weighted by atomic mass is 16.5. The fourth-order valence-electron chi connectivity index (χ4n) is 2.07. The van der Waals surface area contributed by atoms with E-state index in [9.17, 15) is 4.79 Å². The van der Waals surface area contributed by atoms with Crippen LogP contribution in [-0.2, 0) is 4.79 Å². The van der Waals surface area contributed by atoms with Crippen LogP contribution in [0.5, 0.6) is 23.0 Å². The molecule has 0 unspecified atom stereocenters. The fourth-order valence-corrected chi connectivity index (χ4v) is 2.07. The number of benzene rings is 2. The standard InChI is InChI=1S/C21H22O5/c1-15(2)13-20(25-18-9-5-16(23-3)6-10-18)14-21(22)26-19-11-7-17(24-4)8-12-19/h5-14H,1-4H3/b20-14+. The first-order valence-electron chi connectivity index (χ1n) is 8.04. The van der Waals surface area contributed by atoms with E-state index in [2.05, 4.69) is 0 Å². The highest BCUT2D eigenvalue weighted by Crippen LogP contribution is 2.21. The van der Waals surface area contributed by atoms with Crippen LogP contribution in [0.1, 0.15) is 13.8 Å². The van der Waals surface area contributed by atoms with Gasteiger partial charge < -0.3 is 18.9 Å². The second-order valence-electron chi connectivity index (χ2n) is 5.64. The first-order chi connectivity index (χ1) is 12.5. The summed E-state index contributed by atoms with van der Waals surface area (Å²) in [6, 6.07) is 13.9. The molecule has 0 spiro atoms. The molecule has 2 aromatic rings. The molecule has 0 heterocycles. The van der Waals surface area contributed by atoms with E-state index in [-0.39, 0.29) is 0 Å². The van der Waals surface area contributed by atoms with Crippen LogP contribution in [-0.4, -0.2) is 20.2 Å². The maximum Gasteiger partial charge on any atom is 0.339 e. The summed E-state index contributed by atoms with van der Waals surface area (Å²) < 4.78 is 21.3. The van der Waals surface area contributed by atoms with Crippen molar-refractivity contribution in [3.63, 3.8) is 0 Å². The van der Waals surface area contributed by atoms with Gasteiger partial charge in [0.05, 0.1) is 20.3 Å². The van der Waals surface area contributed by atoms with Gasteiger partial charge in [0.15, 0.2) is 0 Å². The minimum absolute atomic E-state index is 0.383. The monoisotopic (exact) mass is 354 g/mol. The summed E-state index contributed by atoms with van der Waals surface area (Å²) in [5, 5.41) is 0. The van der Waals surface area contributed by atoms with Gasteiger partial charge in [-0.25, -0.2) is 4.79 Å². The molecule has 0 fully saturated rings. The Balaban J connectivity index is 2.12. The van der Waals surface area contributed by atoms with Crippen molar-refractivity contribution < 1.29 is 23.7 Å². The maximum atomic E-state index is 12.2. The van der Waals surface area contributed by atoms with E-state index in [1.165, 1.54) is 6.08 Å². The van der Waals surface area contributed by atoms with E-state index in [0.29, 0.717) is 23.0 Å². The molecule has 0 bridgehead atoms. The van der Waals surface area contributed by atoms with Gasteiger partial charge in [-0.3, -0.25) is 0 Å². The molecule has 26 heavy (non-hydrogen) atoms. The highest BCUT2D eigenvalue weighted by Gasteiger charge is 2.07. The lowest BCUT2D eigenvalue weighted by molar-refractivity contribution is -0.129. The van der Waals surface area contributed by atoms with Gasteiger partial charge in [0.2, 0.25) is 0 Å². The number of rotatable bonds is 7. The first kappa shape index (κ1) is 19.1. The van der Waals surface area contributed by atoms with E-state index in [4.69, 9.17) is 18.9 Å². The third-order valence-electron chi connectivity index (χ3n) is 3.26. The van der Waals surface area contributed by atoms with Crippen LogP contribution >= 0.6 is 0 Å². The molecule has 0 aliphatic heterocycles. The maximum absolute atomic E-state index is 12.2. The van der Waals surface area contributed by atoms with Gasteiger partial charge in [0.1, 0.15) is 28.8 Å². The lowest BCUT2D eigenvalue weighted by Gasteiger charge is -2.09. The summed E-state index contributed by atoms with van der Waals surface area (Å²) in [6.45, 7) is 3.83. The Morgan fingerprint density at radius 1 is 0.692 bits per heavy atom. The average molecular weight is 354 g/mol. The molecular formula is C21H22O5. The molecule has 0 saturated heterocycles. The van der Waals surface area contributed by atoms with Crippen molar-refractivity contribution in [2.75, 3.05) is 14.2 Å². The van der Waals surface area contributed by atoms with Gasteiger partial charge in [0.25, 0.3) is 0 Å². The van der Waals surface area contributed by atoms with E-state index in [0.717, 1.165) is 11.3 Å². The summed E-state index contributed by atoms with van der Waals surface area (Å²) in [4.78, 5) is 12.2. The van der Waals surface area contributed by atoms with E-state index in [1.807, 2.05) is 13.8 Å². The molecule has 0 saturated carbocycles. The predicted octanol–water partition coefficient (Wildman–Crippen LogP) is 4.54. The van der Waals surface area contributed by atoms with Gasteiger partial charge in [-0.05, 0) is 68.5 Å². The van der Waals surface area contributed by atoms with Crippen LogP contribution in [0.3, 0.4) is 0 Å². The Kier molecular flexibility index (Phi) is 6.85. The smallest absolute Gasteiger partial charge is 0.339 e. The van der Waals surface area contributed by atoms with E-state index >= 15 is 0 Å². The SMILES string of the molecule is COc1ccc(OC(=O)/C=C(\C=C(C)C)Oc2ccc(OC)cc2)cc1. The van der Waals surface area contributed by atoms with Crippen LogP contribution in [0.4, 0.5) is 0 Å². The van der Waals surface area contributed by atoms with E-state index in [1.54, 1.807) is 68.8 Å². The van der Waals surface area contributed by atoms with Crippen LogP contribution in [0.15, 0.2) is 72.0 Å². The number of carbonyl (C=O) groups is 1. The lowest BCUT2D eigenvalue weighted by Crippen LogP contribution is -2.07. The van der Waals surface area contributed by atoms with Gasteiger partial charge in [0, 0.05) is 0 Å². The Morgan fingerprint density at radius 3 is 1.54 bits per heavy atom. The summed E-state index contributed by atoms with van der Waals surface area (Å²) in [5.41, 5.74) is 0.988. The quantitative estimate of drug-likeness (QED) is 0.240. The number of ether oxygens (including phenoxy) is 4. The topological polar surface area (TPSA) is 54.0 Å². The number of esters is 1. The van der Waals surface area contributed by atoms with Crippen molar-refractivity contribution >= 4 is 5.97 Å². The van der Waals surface area contributed by atoms with Crippen LogP contribution < -0.4 is 18.9 Å². The number of carbonyl (C=O) groups excluding carboxylic acids is 1. The summed E-state index contributed by atoms with van der Waals surface area (Å²) in [5.74, 6) is 2.28.